The second kappa shape index (κ2) is 10.0. The Morgan fingerprint density at radius 3 is 2.63 bits per heavy atom. The largest absolute Gasteiger partial charge is 0.355 e. The fraction of sp³-hybridized carbons (Fsp3) is 0.148. The fourth-order valence-corrected chi connectivity index (χ4v) is 4.09. The van der Waals surface area contributed by atoms with E-state index in [0.717, 1.165) is 46.8 Å². The van der Waals surface area contributed by atoms with Crippen LogP contribution in [0.25, 0.3) is 0 Å². The lowest BCUT2D eigenvalue weighted by atomic mass is 9.86. The lowest BCUT2D eigenvalue weighted by Gasteiger charge is -2.22. The molecule has 0 saturated heterocycles. The van der Waals surface area contributed by atoms with Crippen molar-refractivity contribution in [2.75, 3.05) is 16.0 Å². The molecule has 1 atom stereocenters. The van der Waals surface area contributed by atoms with Crippen LogP contribution in [0.4, 0.5) is 28.6 Å². The van der Waals surface area contributed by atoms with Crippen LogP contribution in [-0.2, 0) is 12.8 Å². The van der Waals surface area contributed by atoms with Crippen molar-refractivity contribution in [1.29, 1.82) is 5.26 Å². The lowest BCUT2D eigenvalue weighted by molar-refractivity contribution is 0.102. The van der Waals surface area contributed by atoms with Crippen molar-refractivity contribution < 1.29 is 4.79 Å². The molecule has 5 rings (SSSR count). The summed E-state index contributed by atoms with van der Waals surface area (Å²) in [5, 5.41) is 18.8. The minimum atomic E-state index is -0.253. The maximum atomic E-state index is 12.9. The maximum Gasteiger partial charge on any atom is 0.256 e. The molecule has 1 aliphatic rings. The molecule has 1 amide bonds. The number of rotatable bonds is 6. The highest BCUT2D eigenvalue weighted by Crippen LogP contribution is 2.31. The van der Waals surface area contributed by atoms with Gasteiger partial charge >= 0.3 is 0 Å². The van der Waals surface area contributed by atoms with E-state index in [1.807, 2.05) is 36.4 Å². The average Bonchev–Trinajstić information content (AvgIpc) is 2.90. The van der Waals surface area contributed by atoms with Gasteiger partial charge in [-0.2, -0.15) is 5.26 Å². The van der Waals surface area contributed by atoms with Crippen LogP contribution in [0.15, 0.2) is 79.4 Å². The summed E-state index contributed by atoms with van der Waals surface area (Å²) in [4.78, 5) is 25.7. The first-order chi connectivity index (χ1) is 17.2. The zero-order valence-electron chi connectivity index (χ0n) is 18.9. The van der Waals surface area contributed by atoms with E-state index in [1.54, 1.807) is 43.0 Å². The second-order valence-electron chi connectivity index (χ2n) is 8.31. The third kappa shape index (κ3) is 5.25. The summed E-state index contributed by atoms with van der Waals surface area (Å²) in [6, 6.07) is 18.9. The summed E-state index contributed by atoms with van der Waals surface area (Å²) in [5.74, 6) is 0.208. The Kier molecular flexibility index (Phi) is 6.31. The molecule has 0 fully saturated rings. The second-order valence-corrected chi connectivity index (χ2v) is 8.31. The number of aromatic nitrogens is 3. The number of benzene rings is 1. The maximum absolute atomic E-state index is 12.9. The molecule has 1 unspecified atom stereocenters. The normalized spacial score (nSPS) is 14.3. The summed E-state index contributed by atoms with van der Waals surface area (Å²) in [6.07, 6.45) is 9.18. The first-order valence-electron chi connectivity index (χ1n) is 11.4. The van der Waals surface area contributed by atoms with Crippen LogP contribution >= 0.6 is 0 Å². The Bertz CT molecular complexity index is 1380. The van der Waals surface area contributed by atoms with Gasteiger partial charge in [-0.05, 0) is 73.4 Å². The van der Waals surface area contributed by atoms with E-state index in [0.29, 0.717) is 17.8 Å². The number of amides is 1. The predicted molar refractivity (Wildman–Crippen MR) is 135 cm³/mol. The number of nitrogens with zero attached hydrogens (tertiary/aromatic N) is 4. The molecule has 35 heavy (non-hydrogen) atoms. The van der Waals surface area contributed by atoms with E-state index in [4.69, 9.17) is 0 Å². The Morgan fingerprint density at radius 2 is 1.83 bits per heavy atom. The van der Waals surface area contributed by atoms with Crippen LogP contribution in [0.3, 0.4) is 0 Å². The highest BCUT2D eigenvalue weighted by molar-refractivity contribution is 6.04. The Labute approximate surface area is 203 Å². The van der Waals surface area contributed by atoms with Crippen LogP contribution in [-0.4, -0.2) is 20.9 Å². The smallest absolute Gasteiger partial charge is 0.256 e. The number of fused-ring (bicyclic) bond motifs is 1. The number of pyridine rings is 3. The van der Waals surface area contributed by atoms with E-state index in [-0.39, 0.29) is 11.8 Å². The number of aryl methyl sites for hydroxylation is 1. The zero-order valence-corrected chi connectivity index (χ0v) is 18.9. The van der Waals surface area contributed by atoms with Crippen molar-refractivity contribution in [3.8, 4) is 6.07 Å². The number of nitriles is 1. The quantitative estimate of drug-likeness (QED) is 0.360. The van der Waals surface area contributed by atoms with Crippen LogP contribution in [0, 0.1) is 17.2 Å². The molecular formula is C27H23N7O. The van der Waals surface area contributed by atoms with Crippen LogP contribution in [0.2, 0.25) is 0 Å². The Morgan fingerprint density at radius 1 is 0.943 bits per heavy atom. The highest BCUT2D eigenvalue weighted by atomic mass is 16.1. The van der Waals surface area contributed by atoms with Crippen molar-refractivity contribution in [3.63, 3.8) is 0 Å². The molecule has 3 N–H and O–H groups in total. The van der Waals surface area contributed by atoms with Crippen molar-refractivity contribution in [3.05, 3.63) is 96.2 Å². The Balaban J connectivity index is 1.27. The molecule has 1 aliphatic carbocycles. The fourth-order valence-electron chi connectivity index (χ4n) is 4.09. The lowest BCUT2D eigenvalue weighted by Crippen LogP contribution is -2.16. The third-order valence-corrected chi connectivity index (χ3v) is 5.89. The summed E-state index contributed by atoms with van der Waals surface area (Å²) in [7, 11) is 0. The summed E-state index contributed by atoms with van der Waals surface area (Å²) in [5.41, 5.74) is 6.03. The van der Waals surface area contributed by atoms with Gasteiger partial charge in [0.15, 0.2) is 0 Å². The molecule has 8 heteroatoms. The SMILES string of the molecule is N#CC1CCc2nccc(Nc3cccc(C(=O)Nc4ccc(Nc5ccncc5)cn4)c3)c2C1. The van der Waals surface area contributed by atoms with Gasteiger partial charge in [0.1, 0.15) is 5.82 Å². The molecule has 0 radical (unpaired) electrons. The minimum Gasteiger partial charge on any atom is -0.355 e. The summed E-state index contributed by atoms with van der Waals surface area (Å²) >= 11 is 0. The topological polar surface area (TPSA) is 116 Å². The van der Waals surface area contributed by atoms with Gasteiger partial charge in [0.25, 0.3) is 5.91 Å². The molecule has 3 aromatic heterocycles. The monoisotopic (exact) mass is 461 g/mol. The van der Waals surface area contributed by atoms with Gasteiger partial charge in [-0.15, -0.1) is 0 Å². The van der Waals surface area contributed by atoms with Crippen molar-refractivity contribution >= 4 is 34.5 Å². The van der Waals surface area contributed by atoms with Crippen molar-refractivity contribution in [1.82, 2.24) is 15.0 Å². The summed E-state index contributed by atoms with van der Waals surface area (Å²) < 4.78 is 0. The van der Waals surface area contributed by atoms with Crippen LogP contribution < -0.4 is 16.0 Å². The van der Waals surface area contributed by atoms with E-state index < -0.39 is 0 Å². The molecule has 0 aliphatic heterocycles. The summed E-state index contributed by atoms with van der Waals surface area (Å²) in [6.45, 7) is 0. The molecule has 1 aromatic carbocycles. The molecule has 0 saturated carbocycles. The Hall–Kier alpha value is -4.77. The molecule has 0 spiro atoms. The van der Waals surface area contributed by atoms with Gasteiger partial charge in [0.05, 0.1) is 23.9 Å². The molecule has 8 nitrogen and oxygen atoms in total. The van der Waals surface area contributed by atoms with E-state index >= 15 is 0 Å². The van der Waals surface area contributed by atoms with Crippen molar-refractivity contribution in [2.45, 2.75) is 19.3 Å². The van der Waals surface area contributed by atoms with Gasteiger partial charge in [-0.3, -0.25) is 14.8 Å². The number of hydrogen-bond donors (Lipinski definition) is 3. The first kappa shape index (κ1) is 22.0. The van der Waals surface area contributed by atoms with Gasteiger partial charge in [-0.1, -0.05) is 6.07 Å². The standard InChI is InChI=1S/C27H23N7O/c28-16-18-4-6-24-23(14-18)25(10-13-30-24)33-21-3-1-2-19(15-21)27(35)34-26-7-5-22(17-31-26)32-20-8-11-29-12-9-20/h1-3,5,7-13,15,17-18H,4,6,14H2,(H,29,32)(H,30,33)(H,31,34,35). The third-order valence-electron chi connectivity index (χ3n) is 5.89. The van der Waals surface area contributed by atoms with Crippen molar-refractivity contribution in [2.24, 2.45) is 5.92 Å². The molecule has 0 bridgehead atoms. The van der Waals surface area contributed by atoms with Crippen LogP contribution in [0.1, 0.15) is 28.0 Å². The number of nitrogens with one attached hydrogen (secondary N) is 3. The molecule has 4 aromatic rings. The van der Waals surface area contributed by atoms with Gasteiger partial charge in [-0.25, -0.2) is 4.98 Å². The number of anilines is 5. The van der Waals surface area contributed by atoms with Crippen LogP contribution in [0.5, 0.6) is 0 Å². The molecule has 172 valence electrons. The number of carbonyl (C=O) groups excluding carboxylic acids is 1. The predicted octanol–water partition coefficient (Wildman–Crippen LogP) is 5.24. The van der Waals surface area contributed by atoms with Gasteiger partial charge < -0.3 is 16.0 Å². The zero-order chi connectivity index (χ0) is 24.0. The average molecular weight is 462 g/mol. The highest BCUT2D eigenvalue weighted by Gasteiger charge is 2.22. The number of hydrogen-bond acceptors (Lipinski definition) is 7. The van der Waals surface area contributed by atoms with E-state index in [2.05, 4.69) is 37.0 Å². The first-order valence-corrected chi connectivity index (χ1v) is 11.4. The molecular weight excluding hydrogens is 438 g/mol. The minimum absolute atomic E-state index is 0.00292. The van der Waals surface area contributed by atoms with Gasteiger partial charge in [0, 0.05) is 46.9 Å². The van der Waals surface area contributed by atoms with Gasteiger partial charge in [0.2, 0.25) is 0 Å². The van der Waals surface area contributed by atoms with E-state index in [9.17, 15) is 10.1 Å². The van der Waals surface area contributed by atoms with E-state index in [1.165, 1.54) is 0 Å². The molecule has 3 heterocycles. The number of carbonyl (C=O) groups is 1.